The lowest BCUT2D eigenvalue weighted by molar-refractivity contribution is 0.0544. The van der Waals surface area contributed by atoms with Crippen LogP contribution in [0.2, 0.25) is 0 Å². The van der Waals surface area contributed by atoms with Crippen LogP contribution < -0.4 is 0 Å². The molecule has 1 N–H and O–H groups in total. The predicted molar refractivity (Wildman–Crippen MR) is 79.4 cm³/mol. The Morgan fingerprint density at radius 2 is 1.74 bits per heavy atom. The summed E-state index contributed by atoms with van der Waals surface area (Å²) in [5, 5.41) is 9.71. The molecule has 2 fully saturated rings. The molecule has 2 saturated heterocycles. The molecule has 0 radical (unpaired) electrons. The average molecular weight is 269 g/mol. The number of rotatable bonds is 5. The smallest absolute Gasteiger partial charge is 0.0664 e. The van der Waals surface area contributed by atoms with Gasteiger partial charge in [-0.05, 0) is 32.9 Å². The Kier molecular flexibility index (Phi) is 6.07. The van der Waals surface area contributed by atoms with Gasteiger partial charge in [-0.2, -0.15) is 0 Å². The van der Waals surface area contributed by atoms with Crippen molar-refractivity contribution < 1.29 is 5.11 Å². The number of β-amino-alcohol motifs (C(OH)–C–C–N with tert-alkyl or cyclic N) is 1. The molecule has 0 saturated carbocycles. The van der Waals surface area contributed by atoms with Crippen molar-refractivity contribution in [2.24, 2.45) is 0 Å². The van der Waals surface area contributed by atoms with Gasteiger partial charge in [-0.25, -0.2) is 0 Å². The van der Waals surface area contributed by atoms with Crippen LogP contribution in [-0.4, -0.2) is 84.8 Å². The second-order valence-corrected chi connectivity index (χ2v) is 6.29. The summed E-state index contributed by atoms with van der Waals surface area (Å²) < 4.78 is 0. The van der Waals surface area contributed by atoms with E-state index in [0.717, 1.165) is 32.1 Å². The molecule has 112 valence electrons. The van der Waals surface area contributed by atoms with Crippen LogP contribution in [0.15, 0.2) is 0 Å². The van der Waals surface area contributed by atoms with Gasteiger partial charge in [0.15, 0.2) is 0 Å². The maximum Gasteiger partial charge on any atom is 0.0664 e. The summed E-state index contributed by atoms with van der Waals surface area (Å²) in [6.07, 6.45) is 4.86. The van der Waals surface area contributed by atoms with Crippen LogP contribution in [-0.2, 0) is 0 Å². The van der Waals surface area contributed by atoms with Crippen LogP contribution in [0.5, 0.6) is 0 Å². The number of aliphatic hydroxyl groups excluding tert-OH is 1. The van der Waals surface area contributed by atoms with E-state index in [2.05, 4.69) is 28.7 Å². The molecule has 0 spiro atoms. The molecular formula is C15H31N3O. The molecule has 0 aromatic rings. The minimum Gasteiger partial charge on any atom is -0.392 e. The zero-order valence-electron chi connectivity index (χ0n) is 12.7. The van der Waals surface area contributed by atoms with E-state index in [-0.39, 0.29) is 6.10 Å². The fourth-order valence-corrected chi connectivity index (χ4v) is 3.25. The molecule has 2 heterocycles. The molecule has 0 aromatic carbocycles. The van der Waals surface area contributed by atoms with E-state index in [1.165, 1.54) is 45.4 Å². The molecule has 2 rings (SSSR count). The van der Waals surface area contributed by atoms with Crippen molar-refractivity contribution in [3.8, 4) is 0 Å². The van der Waals surface area contributed by atoms with Crippen LogP contribution in [0.4, 0.5) is 0 Å². The van der Waals surface area contributed by atoms with Crippen molar-refractivity contribution in [1.29, 1.82) is 0 Å². The number of likely N-dealkylation sites (tertiary alicyclic amines) is 1. The van der Waals surface area contributed by atoms with Gasteiger partial charge in [0.25, 0.3) is 0 Å². The van der Waals surface area contributed by atoms with E-state index in [1.54, 1.807) is 0 Å². The first-order chi connectivity index (χ1) is 9.19. The Morgan fingerprint density at radius 3 is 2.37 bits per heavy atom. The van der Waals surface area contributed by atoms with Crippen LogP contribution in [0.1, 0.15) is 32.6 Å². The van der Waals surface area contributed by atoms with Crippen molar-refractivity contribution >= 4 is 0 Å². The van der Waals surface area contributed by atoms with E-state index in [1.807, 2.05) is 0 Å². The fourth-order valence-electron chi connectivity index (χ4n) is 3.25. The van der Waals surface area contributed by atoms with Crippen molar-refractivity contribution in [1.82, 2.24) is 14.7 Å². The minimum atomic E-state index is -0.143. The van der Waals surface area contributed by atoms with Gasteiger partial charge in [-0.15, -0.1) is 0 Å². The lowest BCUT2D eigenvalue weighted by Crippen LogP contribution is -2.52. The molecule has 1 unspecified atom stereocenters. The van der Waals surface area contributed by atoms with Crippen molar-refractivity contribution in [3.63, 3.8) is 0 Å². The number of hydrogen-bond donors (Lipinski definition) is 1. The SMILES string of the molecule is CC[C@@H](O)CN1CCN(CC2CCCCN2C)CC1. The topological polar surface area (TPSA) is 30.0 Å². The van der Waals surface area contributed by atoms with Crippen LogP contribution in [0.25, 0.3) is 0 Å². The van der Waals surface area contributed by atoms with Gasteiger partial charge in [-0.1, -0.05) is 13.3 Å². The first-order valence-corrected chi connectivity index (χ1v) is 8.02. The van der Waals surface area contributed by atoms with Gasteiger partial charge in [0, 0.05) is 45.3 Å². The quantitative estimate of drug-likeness (QED) is 0.802. The third kappa shape index (κ3) is 4.71. The first-order valence-electron chi connectivity index (χ1n) is 8.02. The summed E-state index contributed by atoms with van der Waals surface area (Å²) in [5.41, 5.74) is 0. The van der Waals surface area contributed by atoms with Crippen LogP contribution >= 0.6 is 0 Å². The Bertz CT molecular complexity index is 254. The molecule has 0 aromatic heterocycles. The molecule has 0 bridgehead atoms. The third-order valence-electron chi connectivity index (χ3n) is 4.80. The summed E-state index contributed by atoms with van der Waals surface area (Å²) >= 11 is 0. The van der Waals surface area contributed by atoms with Gasteiger partial charge < -0.3 is 10.0 Å². The van der Waals surface area contributed by atoms with Gasteiger partial charge >= 0.3 is 0 Å². The average Bonchev–Trinajstić information content (AvgIpc) is 2.43. The van der Waals surface area contributed by atoms with Gasteiger partial charge in [0.05, 0.1) is 6.10 Å². The Balaban J connectivity index is 1.68. The molecule has 2 atom stereocenters. The fraction of sp³-hybridized carbons (Fsp3) is 1.00. The number of aliphatic hydroxyl groups is 1. The highest BCUT2D eigenvalue weighted by molar-refractivity contribution is 4.81. The third-order valence-corrected chi connectivity index (χ3v) is 4.80. The van der Waals surface area contributed by atoms with E-state index >= 15 is 0 Å². The number of piperazine rings is 1. The van der Waals surface area contributed by atoms with Crippen molar-refractivity contribution in [3.05, 3.63) is 0 Å². The van der Waals surface area contributed by atoms with Gasteiger partial charge in [-0.3, -0.25) is 9.80 Å². The first kappa shape index (κ1) is 15.2. The molecule has 2 aliphatic rings. The van der Waals surface area contributed by atoms with Crippen molar-refractivity contribution in [2.45, 2.75) is 44.8 Å². The summed E-state index contributed by atoms with van der Waals surface area (Å²) in [7, 11) is 2.28. The second kappa shape index (κ2) is 7.58. The molecule has 2 aliphatic heterocycles. The summed E-state index contributed by atoms with van der Waals surface area (Å²) in [5.74, 6) is 0. The normalized spacial score (nSPS) is 29.5. The molecule has 0 amide bonds. The van der Waals surface area contributed by atoms with E-state index in [4.69, 9.17) is 0 Å². The number of nitrogens with zero attached hydrogens (tertiary/aromatic N) is 3. The maximum absolute atomic E-state index is 9.71. The molecule has 19 heavy (non-hydrogen) atoms. The van der Waals surface area contributed by atoms with E-state index < -0.39 is 0 Å². The Hall–Kier alpha value is -0.160. The Morgan fingerprint density at radius 1 is 1.05 bits per heavy atom. The highest BCUT2D eigenvalue weighted by Gasteiger charge is 2.24. The molecule has 4 heteroatoms. The largest absolute Gasteiger partial charge is 0.392 e. The monoisotopic (exact) mass is 269 g/mol. The number of piperidine rings is 1. The van der Waals surface area contributed by atoms with Gasteiger partial charge in [0.2, 0.25) is 0 Å². The summed E-state index contributed by atoms with van der Waals surface area (Å²) in [4.78, 5) is 7.56. The van der Waals surface area contributed by atoms with Crippen LogP contribution in [0, 0.1) is 0 Å². The standard InChI is InChI=1S/C15H31N3O/c1-3-15(19)13-18-10-8-17(9-11-18)12-14-6-4-5-7-16(14)2/h14-15,19H,3-13H2,1-2H3/t14?,15-/m1/s1. The van der Waals surface area contributed by atoms with Crippen LogP contribution in [0.3, 0.4) is 0 Å². The highest BCUT2D eigenvalue weighted by atomic mass is 16.3. The molecule has 0 aliphatic carbocycles. The minimum absolute atomic E-state index is 0.143. The van der Waals surface area contributed by atoms with Crippen molar-refractivity contribution in [2.75, 3.05) is 52.9 Å². The maximum atomic E-state index is 9.71. The summed E-state index contributed by atoms with van der Waals surface area (Å²) in [6.45, 7) is 9.99. The zero-order valence-corrected chi connectivity index (χ0v) is 12.7. The Labute approximate surface area is 118 Å². The second-order valence-electron chi connectivity index (χ2n) is 6.29. The lowest BCUT2D eigenvalue weighted by Gasteiger charge is -2.40. The number of hydrogen-bond acceptors (Lipinski definition) is 4. The lowest BCUT2D eigenvalue weighted by atomic mass is 10.0. The zero-order chi connectivity index (χ0) is 13.7. The van der Waals surface area contributed by atoms with E-state index in [0.29, 0.717) is 0 Å². The van der Waals surface area contributed by atoms with E-state index in [9.17, 15) is 5.11 Å². The summed E-state index contributed by atoms with van der Waals surface area (Å²) in [6, 6.07) is 0.765. The molecular weight excluding hydrogens is 238 g/mol. The predicted octanol–water partition coefficient (Wildman–Crippen LogP) is 0.859. The number of likely N-dealkylation sites (N-methyl/N-ethyl adjacent to an activating group) is 1. The molecule has 4 nitrogen and oxygen atoms in total. The highest BCUT2D eigenvalue weighted by Crippen LogP contribution is 2.16. The van der Waals surface area contributed by atoms with Gasteiger partial charge in [0.1, 0.15) is 0 Å².